The predicted octanol–water partition coefficient (Wildman–Crippen LogP) is 5.94. The number of carbonyl (C=O) groups is 1. The summed E-state index contributed by atoms with van der Waals surface area (Å²) in [6.45, 7) is 1.59. The molecule has 158 valence electrons. The Balaban J connectivity index is 1.60. The fraction of sp³-hybridized carbons (Fsp3) is 0.435. The van der Waals surface area contributed by atoms with Gasteiger partial charge in [-0.15, -0.1) is 21.5 Å². The van der Waals surface area contributed by atoms with Gasteiger partial charge < -0.3 is 9.30 Å². The van der Waals surface area contributed by atoms with E-state index in [0.29, 0.717) is 17.4 Å². The Bertz CT molecular complexity index is 992. The molecule has 1 fully saturated rings. The molecule has 0 amide bonds. The van der Waals surface area contributed by atoms with Crippen LogP contribution in [0.5, 0.6) is 5.75 Å². The summed E-state index contributed by atoms with van der Waals surface area (Å²) >= 11 is 3.44. The van der Waals surface area contributed by atoms with Crippen molar-refractivity contribution in [1.82, 2.24) is 14.8 Å². The molecule has 1 aromatic carbocycles. The molecule has 1 aliphatic carbocycles. The lowest BCUT2D eigenvalue weighted by Gasteiger charge is -2.25. The summed E-state index contributed by atoms with van der Waals surface area (Å²) in [5.41, 5.74) is 1.71. The van der Waals surface area contributed by atoms with Crippen LogP contribution >= 0.6 is 23.1 Å². The maximum absolute atomic E-state index is 11.8. The normalized spacial score (nSPS) is 14.7. The summed E-state index contributed by atoms with van der Waals surface area (Å²) in [6.07, 6.45) is 7.04. The molecule has 0 radical (unpaired) electrons. The molecule has 0 spiro atoms. The number of hydrogen-bond donors (Lipinski definition) is 0. The van der Waals surface area contributed by atoms with Crippen molar-refractivity contribution < 1.29 is 9.53 Å². The number of ether oxygens (including phenoxy) is 1. The van der Waals surface area contributed by atoms with E-state index in [0.717, 1.165) is 28.7 Å². The van der Waals surface area contributed by atoms with Crippen LogP contribution in [0, 0.1) is 0 Å². The zero-order valence-electron chi connectivity index (χ0n) is 17.5. The maximum Gasteiger partial charge on any atom is 0.191 e. The molecule has 4 rings (SSSR count). The maximum atomic E-state index is 11.8. The molecular weight excluding hydrogens is 414 g/mol. The number of rotatable bonds is 8. The summed E-state index contributed by atoms with van der Waals surface area (Å²) in [7, 11) is 1.67. The zero-order chi connectivity index (χ0) is 20.9. The number of methoxy groups -OCH3 is 1. The summed E-state index contributed by atoms with van der Waals surface area (Å²) < 4.78 is 7.90. The number of thioether (sulfide) groups is 1. The molecule has 0 bridgehead atoms. The van der Waals surface area contributed by atoms with Crippen molar-refractivity contribution in [3.05, 3.63) is 57.5 Å². The van der Waals surface area contributed by atoms with E-state index in [-0.39, 0.29) is 5.78 Å². The van der Waals surface area contributed by atoms with Crippen molar-refractivity contribution in [2.24, 2.45) is 0 Å². The molecular formula is C23H27N3O2S2. The molecule has 0 aliphatic heterocycles. The van der Waals surface area contributed by atoms with Crippen LogP contribution in [0.2, 0.25) is 0 Å². The number of aromatic nitrogens is 3. The van der Waals surface area contributed by atoms with Crippen molar-refractivity contribution in [2.45, 2.75) is 62.4 Å². The van der Waals surface area contributed by atoms with Crippen LogP contribution in [0.1, 0.15) is 71.7 Å². The number of benzene rings is 1. The monoisotopic (exact) mass is 441 g/mol. The van der Waals surface area contributed by atoms with Crippen molar-refractivity contribution in [2.75, 3.05) is 7.11 Å². The van der Waals surface area contributed by atoms with Gasteiger partial charge in [-0.25, -0.2) is 0 Å². The van der Waals surface area contributed by atoms with Crippen LogP contribution in [0.4, 0.5) is 0 Å². The smallest absolute Gasteiger partial charge is 0.191 e. The van der Waals surface area contributed by atoms with E-state index in [4.69, 9.17) is 4.74 Å². The first-order valence-electron chi connectivity index (χ1n) is 10.4. The SMILES string of the molecule is COc1ccc(C(C)=O)cc1CSc1nnc(Cc2cccs2)n1C1CCCCC1. The first kappa shape index (κ1) is 21.1. The number of thiophene rings is 1. The molecule has 1 saturated carbocycles. The molecule has 3 aromatic rings. The Morgan fingerprint density at radius 1 is 1.23 bits per heavy atom. The number of ketones is 1. The molecule has 1 aliphatic rings. The molecule has 5 nitrogen and oxygen atoms in total. The van der Waals surface area contributed by atoms with Gasteiger partial charge in [-0.2, -0.15) is 0 Å². The average molecular weight is 442 g/mol. The van der Waals surface area contributed by atoms with E-state index < -0.39 is 0 Å². The second-order valence-electron chi connectivity index (χ2n) is 7.69. The largest absolute Gasteiger partial charge is 0.496 e. The van der Waals surface area contributed by atoms with E-state index in [1.54, 1.807) is 37.1 Å². The second kappa shape index (κ2) is 9.79. The van der Waals surface area contributed by atoms with Gasteiger partial charge in [0.05, 0.1) is 7.11 Å². The third kappa shape index (κ3) is 4.78. The van der Waals surface area contributed by atoms with Gasteiger partial charge in [0.2, 0.25) is 0 Å². The molecule has 0 saturated heterocycles. The van der Waals surface area contributed by atoms with Gasteiger partial charge in [-0.1, -0.05) is 37.1 Å². The Kier molecular flexibility index (Phi) is 6.89. The topological polar surface area (TPSA) is 57.0 Å². The summed E-state index contributed by atoms with van der Waals surface area (Å²) in [5.74, 6) is 2.60. The van der Waals surface area contributed by atoms with Gasteiger partial charge in [0.1, 0.15) is 11.6 Å². The van der Waals surface area contributed by atoms with Crippen molar-refractivity contribution in [3.63, 3.8) is 0 Å². The summed E-state index contributed by atoms with van der Waals surface area (Å²) in [5, 5.41) is 12.2. The standard InChI is InChI=1S/C23H27N3O2S2/c1-16(27)17-10-11-21(28-2)18(13-17)15-30-23-25-24-22(14-20-9-6-12-29-20)26(23)19-7-4-3-5-8-19/h6,9-13,19H,3-5,7-8,14-15H2,1-2H3. The van der Waals surface area contributed by atoms with E-state index in [9.17, 15) is 4.79 Å². The van der Waals surface area contributed by atoms with Gasteiger partial charge in [-0.3, -0.25) is 4.79 Å². The lowest BCUT2D eigenvalue weighted by atomic mass is 9.95. The number of nitrogens with zero attached hydrogens (tertiary/aromatic N) is 3. The third-order valence-corrected chi connectivity index (χ3v) is 7.50. The Morgan fingerprint density at radius 2 is 2.07 bits per heavy atom. The lowest BCUT2D eigenvalue weighted by Crippen LogP contribution is -2.16. The fourth-order valence-electron chi connectivity index (χ4n) is 4.05. The highest BCUT2D eigenvalue weighted by Crippen LogP contribution is 2.35. The molecule has 2 aromatic heterocycles. The van der Waals surface area contributed by atoms with E-state index in [1.807, 2.05) is 18.2 Å². The number of Topliss-reactive ketones (excluding diaryl/α,β-unsaturated/α-hetero) is 1. The molecule has 7 heteroatoms. The van der Waals surface area contributed by atoms with E-state index in [1.165, 1.54) is 37.0 Å². The van der Waals surface area contributed by atoms with E-state index in [2.05, 4.69) is 32.3 Å². The van der Waals surface area contributed by atoms with Crippen molar-refractivity contribution in [3.8, 4) is 5.75 Å². The zero-order valence-corrected chi connectivity index (χ0v) is 19.1. The summed E-state index contributed by atoms with van der Waals surface area (Å²) in [4.78, 5) is 13.1. The van der Waals surface area contributed by atoms with Gasteiger partial charge in [0.15, 0.2) is 10.9 Å². The van der Waals surface area contributed by atoms with Crippen LogP contribution in [0.15, 0.2) is 40.9 Å². The Labute approximate surface area is 185 Å². The van der Waals surface area contributed by atoms with Crippen LogP contribution in [-0.2, 0) is 12.2 Å². The average Bonchev–Trinajstić information content (AvgIpc) is 3.43. The number of hydrogen-bond acceptors (Lipinski definition) is 6. The highest BCUT2D eigenvalue weighted by molar-refractivity contribution is 7.98. The van der Waals surface area contributed by atoms with Gasteiger partial charge >= 0.3 is 0 Å². The van der Waals surface area contributed by atoms with Crippen LogP contribution in [0.3, 0.4) is 0 Å². The minimum atomic E-state index is 0.0625. The van der Waals surface area contributed by atoms with Crippen LogP contribution in [-0.4, -0.2) is 27.7 Å². The fourth-order valence-corrected chi connectivity index (χ4v) is 5.76. The molecule has 0 N–H and O–H groups in total. The Morgan fingerprint density at radius 3 is 2.77 bits per heavy atom. The predicted molar refractivity (Wildman–Crippen MR) is 122 cm³/mol. The van der Waals surface area contributed by atoms with Gasteiger partial charge in [0, 0.05) is 34.2 Å². The highest BCUT2D eigenvalue weighted by atomic mass is 32.2. The molecule has 0 atom stereocenters. The number of carbonyl (C=O) groups excluding carboxylic acids is 1. The van der Waals surface area contributed by atoms with Crippen LogP contribution < -0.4 is 4.74 Å². The highest BCUT2D eigenvalue weighted by Gasteiger charge is 2.23. The molecule has 2 heterocycles. The minimum absolute atomic E-state index is 0.0625. The first-order chi connectivity index (χ1) is 14.7. The van der Waals surface area contributed by atoms with E-state index >= 15 is 0 Å². The van der Waals surface area contributed by atoms with Gasteiger partial charge in [0.25, 0.3) is 0 Å². The van der Waals surface area contributed by atoms with Crippen molar-refractivity contribution >= 4 is 28.9 Å². The molecule has 0 unspecified atom stereocenters. The second-order valence-corrected chi connectivity index (χ2v) is 9.66. The van der Waals surface area contributed by atoms with Gasteiger partial charge in [-0.05, 0) is 49.4 Å². The molecule has 30 heavy (non-hydrogen) atoms. The minimum Gasteiger partial charge on any atom is -0.496 e. The third-order valence-electron chi connectivity index (χ3n) is 5.63. The lowest BCUT2D eigenvalue weighted by molar-refractivity contribution is 0.101. The quantitative estimate of drug-likeness (QED) is 0.320. The van der Waals surface area contributed by atoms with Crippen molar-refractivity contribution in [1.29, 1.82) is 0 Å². The summed E-state index contributed by atoms with van der Waals surface area (Å²) in [6, 6.07) is 10.3. The first-order valence-corrected chi connectivity index (χ1v) is 12.3. The van der Waals surface area contributed by atoms with Crippen LogP contribution in [0.25, 0.3) is 0 Å². The Hall–Kier alpha value is -2.12.